The van der Waals surface area contributed by atoms with Crippen LogP contribution in [0.2, 0.25) is 0 Å². The van der Waals surface area contributed by atoms with Crippen molar-refractivity contribution < 1.29 is 14.8 Å². The van der Waals surface area contributed by atoms with Crippen LogP contribution in [0.5, 0.6) is 0 Å². The highest BCUT2D eigenvalue weighted by Gasteiger charge is 2.13. The molecule has 122 valence electrons. The van der Waals surface area contributed by atoms with E-state index in [0.29, 0.717) is 11.1 Å². The summed E-state index contributed by atoms with van der Waals surface area (Å²) in [6.07, 6.45) is -0.943. The number of aliphatic hydroxyl groups excluding tert-OH is 1. The maximum Gasteiger partial charge on any atom is 0.269 e. The van der Waals surface area contributed by atoms with Crippen LogP contribution in [0.1, 0.15) is 22.0 Å². The number of fused-ring (bicyclic) bond motifs is 1. The summed E-state index contributed by atoms with van der Waals surface area (Å²) < 4.78 is 0.915. The number of nitro benzene ring substituents is 1. The van der Waals surface area contributed by atoms with Crippen LogP contribution in [-0.2, 0) is 0 Å². The molecule has 1 amide bonds. The summed E-state index contributed by atoms with van der Waals surface area (Å²) >= 11 is 1.45. The van der Waals surface area contributed by atoms with Crippen molar-refractivity contribution in [2.45, 2.75) is 6.10 Å². The third-order valence-electron chi connectivity index (χ3n) is 3.54. The fraction of sp³-hybridized carbons (Fsp3) is 0.125. The number of rotatable bonds is 5. The SMILES string of the molecule is O=C(NC[C@H](O)c1ccc([N+](=O)[O-])cc1)c1ccc2ncsc2c1. The van der Waals surface area contributed by atoms with Gasteiger partial charge in [-0.15, -0.1) is 11.3 Å². The quantitative estimate of drug-likeness (QED) is 0.547. The van der Waals surface area contributed by atoms with Gasteiger partial charge in [0.25, 0.3) is 11.6 Å². The van der Waals surface area contributed by atoms with Gasteiger partial charge in [-0.2, -0.15) is 0 Å². The zero-order chi connectivity index (χ0) is 17.1. The fourth-order valence-electron chi connectivity index (χ4n) is 2.22. The molecule has 0 aliphatic rings. The summed E-state index contributed by atoms with van der Waals surface area (Å²) in [4.78, 5) is 26.4. The molecule has 0 saturated heterocycles. The van der Waals surface area contributed by atoms with Crippen molar-refractivity contribution in [3.8, 4) is 0 Å². The average molecular weight is 343 g/mol. The van der Waals surface area contributed by atoms with Crippen LogP contribution in [0.3, 0.4) is 0 Å². The normalized spacial score (nSPS) is 12.0. The number of hydrogen-bond donors (Lipinski definition) is 2. The summed E-state index contributed by atoms with van der Waals surface area (Å²) in [6, 6.07) is 10.8. The minimum absolute atomic E-state index is 0.0113. The Bertz CT molecular complexity index is 892. The lowest BCUT2D eigenvalue weighted by Crippen LogP contribution is -2.28. The summed E-state index contributed by atoms with van der Waals surface area (Å²) in [6.45, 7) is 0.0113. The number of carbonyl (C=O) groups excluding carboxylic acids is 1. The Morgan fingerprint density at radius 3 is 2.75 bits per heavy atom. The molecule has 0 saturated carbocycles. The first-order chi connectivity index (χ1) is 11.5. The Labute approximate surface area is 140 Å². The molecule has 0 spiro atoms. The molecular weight excluding hydrogens is 330 g/mol. The van der Waals surface area contributed by atoms with Crippen LogP contribution in [0, 0.1) is 10.1 Å². The first kappa shape index (κ1) is 16.0. The van der Waals surface area contributed by atoms with E-state index in [4.69, 9.17) is 0 Å². The number of benzene rings is 2. The predicted octanol–water partition coefficient (Wildman–Crippen LogP) is 2.67. The highest BCUT2D eigenvalue weighted by molar-refractivity contribution is 7.16. The second kappa shape index (κ2) is 6.73. The minimum atomic E-state index is -0.943. The molecule has 7 nitrogen and oxygen atoms in total. The highest BCUT2D eigenvalue weighted by Crippen LogP contribution is 2.20. The van der Waals surface area contributed by atoms with Crippen molar-refractivity contribution in [1.29, 1.82) is 0 Å². The average Bonchev–Trinajstić information content (AvgIpc) is 3.07. The van der Waals surface area contributed by atoms with Crippen LogP contribution < -0.4 is 5.32 Å². The lowest BCUT2D eigenvalue weighted by molar-refractivity contribution is -0.384. The number of carbonyl (C=O) groups is 1. The van der Waals surface area contributed by atoms with Crippen molar-refractivity contribution >= 4 is 33.1 Å². The zero-order valence-electron chi connectivity index (χ0n) is 12.4. The van der Waals surface area contributed by atoms with Crippen molar-refractivity contribution in [1.82, 2.24) is 10.3 Å². The number of nitro groups is 1. The minimum Gasteiger partial charge on any atom is -0.387 e. The molecule has 1 heterocycles. The number of nitrogens with zero attached hydrogens (tertiary/aromatic N) is 2. The lowest BCUT2D eigenvalue weighted by atomic mass is 10.1. The molecule has 2 aromatic carbocycles. The molecule has 1 atom stereocenters. The van der Waals surface area contributed by atoms with Crippen LogP contribution in [0.4, 0.5) is 5.69 Å². The second-order valence-corrected chi connectivity index (χ2v) is 6.00. The van der Waals surface area contributed by atoms with E-state index in [9.17, 15) is 20.0 Å². The molecule has 0 aliphatic heterocycles. The van der Waals surface area contributed by atoms with E-state index in [2.05, 4.69) is 10.3 Å². The van der Waals surface area contributed by atoms with Crippen molar-refractivity contribution in [3.63, 3.8) is 0 Å². The Kier molecular flexibility index (Phi) is 4.50. The molecule has 0 aliphatic carbocycles. The fourth-order valence-corrected chi connectivity index (χ4v) is 2.94. The van der Waals surface area contributed by atoms with E-state index in [0.717, 1.165) is 10.2 Å². The number of amides is 1. The van der Waals surface area contributed by atoms with Gasteiger partial charge < -0.3 is 10.4 Å². The number of hydrogen-bond acceptors (Lipinski definition) is 6. The van der Waals surface area contributed by atoms with Crippen LogP contribution in [0.25, 0.3) is 10.2 Å². The maximum atomic E-state index is 12.2. The highest BCUT2D eigenvalue weighted by atomic mass is 32.1. The van der Waals surface area contributed by atoms with E-state index >= 15 is 0 Å². The van der Waals surface area contributed by atoms with Crippen molar-refractivity contribution in [2.75, 3.05) is 6.54 Å². The van der Waals surface area contributed by atoms with E-state index < -0.39 is 11.0 Å². The Balaban J connectivity index is 1.63. The zero-order valence-corrected chi connectivity index (χ0v) is 13.2. The van der Waals surface area contributed by atoms with Gasteiger partial charge in [-0.25, -0.2) is 4.98 Å². The molecule has 0 bridgehead atoms. The summed E-state index contributed by atoms with van der Waals surface area (Å²) in [5.74, 6) is -0.300. The van der Waals surface area contributed by atoms with Crippen LogP contribution in [0.15, 0.2) is 48.0 Å². The Hall–Kier alpha value is -2.84. The summed E-state index contributed by atoms with van der Waals surface area (Å²) in [5, 5.41) is 23.4. The molecule has 0 fully saturated rings. The Morgan fingerprint density at radius 2 is 2.04 bits per heavy atom. The molecule has 3 aromatic rings. The summed E-state index contributed by atoms with van der Waals surface area (Å²) in [7, 11) is 0. The third-order valence-corrected chi connectivity index (χ3v) is 4.33. The van der Waals surface area contributed by atoms with Crippen LogP contribution in [-0.4, -0.2) is 27.5 Å². The number of thiazole rings is 1. The molecule has 24 heavy (non-hydrogen) atoms. The number of aromatic nitrogens is 1. The third kappa shape index (κ3) is 3.39. The lowest BCUT2D eigenvalue weighted by Gasteiger charge is -2.12. The van der Waals surface area contributed by atoms with Gasteiger partial charge in [-0.3, -0.25) is 14.9 Å². The van der Waals surface area contributed by atoms with E-state index in [1.165, 1.54) is 35.6 Å². The van der Waals surface area contributed by atoms with Gasteiger partial charge in [-0.1, -0.05) is 0 Å². The molecule has 3 rings (SSSR count). The standard InChI is InChI=1S/C16H13N3O4S/c20-14(10-1-4-12(5-2-10)19(22)23)8-17-16(21)11-3-6-13-15(7-11)24-9-18-13/h1-7,9,14,20H,8H2,(H,17,21)/t14-/m0/s1. The molecule has 2 N–H and O–H groups in total. The van der Waals surface area contributed by atoms with Gasteiger partial charge in [0.15, 0.2) is 0 Å². The Morgan fingerprint density at radius 1 is 1.29 bits per heavy atom. The first-order valence-corrected chi connectivity index (χ1v) is 7.96. The van der Waals surface area contributed by atoms with Gasteiger partial charge in [-0.05, 0) is 35.9 Å². The molecule has 0 unspecified atom stereocenters. The van der Waals surface area contributed by atoms with Gasteiger partial charge in [0, 0.05) is 24.2 Å². The van der Waals surface area contributed by atoms with E-state index in [1.807, 2.05) is 0 Å². The largest absolute Gasteiger partial charge is 0.387 e. The monoisotopic (exact) mass is 343 g/mol. The van der Waals surface area contributed by atoms with Gasteiger partial charge in [0.1, 0.15) is 0 Å². The van der Waals surface area contributed by atoms with Gasteiger partial charge in [0.05, 0.1) is 26.8 Å². The van der Waals surface area contributed by atoms with Crippen molar-refractivity contribution in [2.24, 2.45) is 0 Å². The second-order valence-electron chi connectivity index (χ2n) is 5.11. The topological polar surface area (TPSA) is 105 Å². The maximum absolute atomic E-state index is 12.2. The molecule has 8 heteroatoms. The van der Waals surface area contributed by atoms with E-state index in [-0.39, 0.29) is 18.1 Å². The number of nitrogens with one attached hydrogen (secondary N) is 1. The number of non-ortho nitro benzene ring substituents is 1. The molecular formula is C16H13N3O4S. The number of aliphatic hydroxyl groups is 1. The van der Waals surface area contributed by atoms with Crippen molar-refractivity contribution in [3.05, 3.63) is 69.2 Å². The van der Waals surface area contributed by atoms with E-state index in [1.54, 1.807) is 23.7 Å². The first-order valence-electron chi connectivity index (χ1n) is 7.08. The van der Waals surface area contributed by atoms with Gasteiger partial charge in [0.2, 0.25) is 0 Å². The summed E-state index contributed by atoms with van der Waals surface area (Å²) in [5.41, 5.74) is 3.49. The molecule has 1 aromatic heterocycles. The van der Waals surface area contributed by atoms with Gasteiger partial charge >= 0.3 is 0 Å². The smallest absolute Gasteiger partial charge is 0.269 e. The molecule has 0 radical (unpaired) electrons. The van der Waals surface area contributed by atoms with Crippen LogP contribution >= 0.6 is 11.3 Å². The predicted molar refractivity (Wildman–Crippen MR) is 90.0 cm³/mol.